The van der Waals surface area contributed by atoms with Crippen molar-refractivity contribution in [3.63, 3.8) is 0 Å². The molecule has 36 heavy (non-hydrogen) atoms. The van der Waals surface area contributed by atoms with E-state index in [0.29, 0.717) is 12.3 Å². The summed E-state index contributed by atoms with van der Waals surface area (Å²) in [5, 5.41) is 2.59. The van der Waals surface area contributed by atoms with Crippen LogP contribution in [0, 0.1) is 5.41 Å². The Labute approximate surface area is 214 Å². The third-order valence-electron chi connectivity index (χ3n) is 4.79. The highest BCUT2D eigenvalue weighted by molar-refractivity contribution is 5.79. The second-order valence-corrected chi connectivity index (χ2v) is 11.0. The smallest absolute Gasteiger partial charge is 0.476 e. The lowest BCUT2D eigenvalue weighted by Crippen LogP contribution is -2.44. The van der Waals surface area contributed by atoms with Crippen LogP contribution in [-0.4, -0.2) is 54.9 Å². The van der Waals surface area contributed by atoms with Gasteiger partial charge in [-0.3, -0.25) is 0 Å². The highest BCUT2D eigenvalue weighted by Crippen LogP contribution is 2.24. The summed E-state index contributed by atoms with van der Waals surface area (Å²) in [6.07, 6.45) is -2.91. The lowest BCUT2D eigenvalue weighted by Gasteiger charge is -2.31. The topological polar surface area (TPSA) is 135 Å². The Kier molecular flexibility index (Phi) is 11.0. The molecule has 0 saturated heterocycles. The van der Waals surface area contributed by atoms with Gasteiger partial charge in [-0.05, 0) is 65.3 Å². The summed E-state index contributed by atoms with van der Waals surface area (Å²) in [6.45, 7) is 15.8. The number of amides is 1. The van der Waals surface area contributed by atoms with E-state index in [0.717, 1.165) is 12.0 Å². The Morgan fingerprint density at radius 1 is 0.917 bits per heavy atom. The second kappa shape index (κ2) is 12.8. The molecule has 0 fully saturated rings. The van der Waals surface area contributed by atoms with Gasteiger partial charge in [0.15, 0.2) is 5.60 Å². The zero-order valence-corrected chi connectivity index (χ0v) is 22.9. The molecule has 1 aromatic carbocycles. The molecule has 0 radical (unpaired) electrons. The molecule has 0 saturated carbocycles. The number of rotatable bonds is 10. The minimum absolute atomic E-state index is 0.00657. The molecule has 0 heterocycles. The molecule has 0 aliphatic carbocycles. The molecule has 0 aromatic heterocycles. The van der Waals surface area contributed by atoms with E-state index in [-0.39, 0.29) is 6.54 Å². The highest BCUT2D eigenvalue weighted by Gasteiger charge is 2.35. The summed E-state index contributed by atoms with van der Waals surface area (Å²) >= 11 is 0. The number of ether oxygens (including phenoxy) is 5. The first-order valence-corrected chi connectivity index (χ1v) is 12.0. The first-order valence-electron chi connectivity index (χ1n) is 12.0. The largest absolute Gasteiger partial charge is 0.511 e. The van der Waals surface area contributed by atoms with Crippen LogP contribution >= 0.6 is 0 Å². The monoisotopic (exact) mass is 510 g/mol. The van der Waals surface area contributed by atoms with Crippen LogP contribution < -0.4 is 15.8 Å². The summed E-state index contributed by atoms with van der Waals surface area (Å²) in [5.41, 5.74) is 4.08. The number of nitrogens with two attached hydrogens (primary N) is 1. The van der Waals surface area contributed by atoms with Crippen LogP contribution in [0.5, 0.6) is 5.75 Å². The SMILES string of the molecule is CC(OC(=O)OC(CNC(=O)OC(C)(C)C)C(C)(C)C)OC(=O)C(C)(C)Oc1ccc(CCN)cc1. The number of carbonyl (C=O) groups excluding carboxylic acids is 3. The standard InChI is InChI=1S/C26H42N2O8/c1-17(32-21(29)26(8,9)35-19-12-10-18(11-13-19)14-15-27)33-23(31)34-20(24(2,3)4)16-28-22(30)36-25(5,6)7/h10-13,17,20H,14-16,27H2,1-9H3,(H,28,30). The van der Waals surface area contributed by atoms with Crippen molar-refractivity contribution in [3.8, 4) is 5.75 Å². The Morgan fingerprint density at radius 3 is 2.00 bits per heavy atom. The Morgan fingerprint density at radius 2 is 1.50 bits per heavy atom. The molecule has 0 aliphatic heterocycles. The van der Waals surface area contributed by atoms with Crippen LogP contribution in [0.15, 0.2) is 24.3 Å². The molecule has 3 N–H and O–H groups in total. The number of hydrogen-bond donors (Lipinski definition) is 2. The average Bonchev–Trinajstić information content (AvgIpc) is 2.70. The second-order valence-electron chi connectivity index (χ2n) is 11.0. The molecule has 10 nitrogen and oxygen atoms in total. The van der Waals surface area contributed by atoms with Crippen LogP contribution in [0.1, 0.15) is 67.9 Å². The molecule has 1 amide bonds. The fourth-order valence-electron chi connectivity index (χ4n) is 2.84. The van der Waals surface area contributed by atoms with Gasteiger partial charge >= 0.3 is 18.2 Å². The van der Waals surface area contributed by atoms with Gasteiger partial charge in [0.2, 0.25) is 6.29 Å². The molecule has 0 aliphatic rings. The zero-order chi connectivity index (χ0) is 27.7. The Balaban J connectivity index is 2.64. The van der Waals surface area contributed by atoms with E-state index in [1.165, 1.54) is 6.92 Å². The van der Waals surface area contributed by atoms with Gasteiger partial charge in [0.05, 0.1) is 6.54 Å². The Hall–Kier alpha value is -3.01. The van der Waals surface area contributed by atoms with Crippen LogP contribution in [0.25, 0.3) is 0 Å². The molecule has 0 bridgehead atoms. The summed E-state index contributed by atoms with van der Waals surface area (Å²) in [6, 6.07) is 7.23. The molecule has 2 unspecified atom stereocenters. The van der Waals surface area contributed by atoms with Crippen LogP contribution in [-0.2, 0) is 30.2 Å². The third kappa shape index (κ3) is 11.6. The van der Waals surface area contributed by atoms with Gasteiger partial charge in [-0.25, -0.2) is 14.4 Å². The number of nitrogens with one attached hydrogen (secondary N) is 1. The van der Waals surface area contributed by atoms with Crippen molar-refractivity contribution in [3.05, 3.63) is 29.8 Å². The number of benzene rings is 1. The molecule has 2 atom stereocenters. The lowest BCUT2D eigenvalue weighted by atomic mass is 9.89. The number of carbonyl (C=O) groups is 3. The predicted octanol–water partition coefficient (Wildman–Crippen LogP) is 4.33. The normalized spacial score (nSPS) is 13.7. The number of hydrogen-bond acceptors (Lipinski definition) is 9. The van der Waals surface area contributed by atoms with Gasteiger partial charge in [0, 0.05) is 12.3 Å². The molecular weight excluding hydrogens is 468 g/mol. The Bertz CT molecular complexity index is 869. The van der Waals surface area contributed by atoms with E-state index in [9.17, 15) is 14.4 Å². The minimum atomic E-state index is -1.35. The van der Waals surface area contributed by atoms with E-state index in [4.69, 9.17) is 29.4 Å². The van der Waals surface area contributed by atoms with Crippen LogP contribution in [0.3, 0.4) is 0 Å². The third-order valence-corrected chi connectivity index (χ3v) is 4.79. The van der Waals surface area contributed by atoms with Crippen molar-refractivity contribution in [1.82, 2.24) is 5.32 Å². The van der Waals surface area contributed by atoms with Crippen molar-refractivity contribution < 1.29 is 38.1 Å². The molecule has 1 aromatic rings. The van der Waals surface area contributed by atoms with Gasteiger partial charge in [-0.15, -0.1) is 0 Å². The first kappa shape index (κ1) is 31.0. The van der Waals surface area contributed by atoms with Gasteiger partial charge < -0.3 is 34.7 Å². The van der Waals surface area contributed by atoms with Crippen LogP contribution in [0.2, 0.25) is 0 Å². The fourth-order valence-corrected chi connectivity index (χ4v) is 2.84. The van der Waals surface area contributed by atoms with Crippen molar-refractivity contribution >= 4 is 18.2 Å². The first-order chi connectivity index (χ1) is 16.4. The van der Waals surface area contributed by atoms with Crippen LogP contribution in [0.4, 0.5) is 9.59 Å². The van der Waals surface area contributed by atoms with Gasteiger partial charge in [0.25, 0.3) is 0 Å². The minimum Gasteiger partial charge on any atom is -0.476 e. The molecule has 0 spiro atoms. The van der Waals surface area contributed by atoms with E-state index in [1.807, 2.05) is 32.9 Å². The van der Waals surface area contributed by atoms with E-state index < -0.39 is 47.2 Å². The van der Waals surface area contributed by atoms with Gasteiger partial charge in [-0.2, -0.15) is 0 Å². The molecule has 10 heteroatoms. The number of alkyl carbamates (subject to hydrolysis) is 1. The number of esters is 1. The summed E-state index contributed by atoms with van der Waals surface area (Å²) < 4.78 is 26.7. The maximum absolute atomic E-state index is 12.6. The summed E-state index contributed by atoms with van der Waals surface area (Å²) in [4.78, 5) is 37.0. The van der Waals surface area contributed by atoms with Gasteiger partial charge in [-0.1, -0.05) is 32.9 Å². The maximum Gasteiger partial charge on any atom is 0.511 e. The van der Waals surface area contributed by atoms with Crippen molar-refractivity contribution in [2.24, 2.45) is 11.1 Å². The molecular formula is C26H42N2O8. The molecule has 204 valence electrons. The van der Waals surface area contributed by atoms with Crippen molar-refractivity contribution in [2.75, 3.05) is 13.1 Å². The molecule has 1 rings (SSSR count). The summed E-state index contributed by atoms with van der Waals surface area (Å²) in [5.74, 6) is -0.246. The zero-order valence-electron chi connectivity index (χ0n) is 22.9. The van der Waals surface area contributed by atoms with Crippen molar-refractivity contribution in [1.29, 1.82) is 0 Å². The maximum atomic E-state index is 12.6. The van der Waals surface area contributed by atoms with E-state index in [1.54, 1.807) is 46.8 Å². The quantitative estimate of drug-likeness (QED) is 0.268. The van der Waals surface area contributed by atoms with E-state index in [2.05, 4.69) is 5.32 Å². The fraction of sp³-hybridized carbons (Fsp3) is 0.654. The average molecular weight is 511 g/mol. The van der Waals surface area contributed by atoms with Crippen molar-refractivity contribution in [2.45, 2.75) is 92.3 Å². The highest BCUT2D eigenvalue weighted by atomic mass is 16.8. The van der Waals surface area contributed by atoms with E-state index >= 15 is 0 Å². The van der Waals surface area contributed by atoms with Gasteiger partial charge in [0.1, 0.15) is 17.5 Å². The lowest BCUT2D eigenvalue weighted by molar-refractivity contribution is -0.184. The summed E-state index contributed by atoms with van der Waals surface area (Å²) in [7, 11) is 0. The predicted molar refractivity (Wildman–Crippen MR) is 135 cm³/mol.